The van der Waals surface area contributed by atoms with E-state index >= 15 is 0 Å². The van der Waals surface area contributed by atoms with Gasteiger partial charge in [0.2, 0.25) is 11.9 Å². The summed E-state index contributed by atoms with van der Waals surface area (Å²) in [6.07, 6.45) is 0. The van der Waals surface area contributed by atoms with Crippen LogP contribution in [0.15, 0.2) is 192 Å². The lowest BCUT2D eigenvalue weighted by Crippen LogP contribution is -2.06. The number of hydrogen-bond acceptors (Lipinski definition) is 6. The number of fused-ring (bicyclic) bond motifs is 11. The van der Waals surface area contributed by atoms with Crippen molar-refractivity contribution in [1.29, 1.82) is 0 Å². The van der Waals surface area contributed by atoms with Crippen LogP contribution in [0.2, 0.25) is 0 Å². The van der Waals surface area contributed by atoms with Gasteiger partial charge in [0.1, 0.15) is 16.8 Å². The van der Waals surface area contributed by atoms with E-state index in [9.17, 15) is 0 Å². The van der Waals surface area contributed by atoms with E-state index in [4.69, 9.17) is 29.3 Å². The van der Waals surface area contributed by atoms with Gasteiger partial charge in [0, 0.05) is 43.6 Å². The Kier molecular flexibility index (Phi) is 7.14. The Morgan fingerprint density at radius 2 is 0.967 bits per heavy atom. The molecule has 0 aliphatic heterocycles. The van der Waals surface area contributed by atoms with Crippen LogP contribution in [-0.4, -0.2) is 34.1 Å². The molecule has 0 unspecified atom stereocenters. The Balaban J connectivity index is 1.16. The molecule has 0 spiro atoms. The van der Waals surface area contributed by atoms with E-state index in [0.29, 0.717) is 29.1 Å². The molecule has 8 aromatic carbocycles. The van der Waals surface area contributed by atoms with E-state index in [0.717, 1.165) is 93.3 Å². The lowest BCUT2D eigenvalue weighted by Gasteiger charge is -2.12. The average Bonchev–Trinajstić information content (AvgIpc) is 3.99. The van der Waals surface area contributed by atoms with Gasteiger partial charge in [0.25, 0.3) is 0 Å². The minimum atomic E-state index is 0.531. The molecule has 0 saturated carbocycles. The second-order valence-corrected chi connectivity index (χ2v) is 15.3. The van der Waals surface area contributed by atoms with Crippen LogP contribution in [0.4, 0.5) is 0 Å². The van der Waals surface area contributed by atoms with Gasteiger partial charge in [-0.2, -0.15) is 9.97 Å². The highest BCUT2D eigenvalue weighted by Gasteiger charge is 2.26. The van der Waals surface area contributed by atoms with Crippen molar-refractivity contribution in [2.24, 2.45) is 0 Å². The maximum atomic E-state index is 6.62. The van der Waals surface area contributed by atoms with Crippen molar-refractivity contribution in [3.05, 3.63) is 188 Å². The molecular formula is C53H31N7O. The highest BCUT2D eigenvalue weighted by atomic mass is 16.3. The van der Waals surface area contributed by atoms with Gasteiger partial charge in [-0.3, -0.25) is 9.13 Å². The molecule has 8 heteroatoms. The van der Waals surface area contributed by atoms with Gasteiger partial charge in [-0.05, 0) is 41.1 Å². The summed E-state index contributed by atoms with van der Waals surface area (Å²) < 4.78 is 11.0. The highest BCUT2D eigenvalue weighted by molar-refractivity contribution is 6.26. The molecule has 0 radical (unpaired) electrons. The lowest BCUT2D eigenvalue weighted by molar-refractivity contribution is 0.666. The average molecular weight is 782 g/mol. The molecule has 0 aliphatic carbocycles. The summed E-state index contributed by atoms with van der Waals surface area (Å²) in [4.78, 5) is 26.4. The normalized spacial score (nSPS) is 11.9. The summed E-state index contributed by atoms with van der Waals surface area (Å²) in [6, 6.07) is 64.4. The molecule has 0 aliphatic rings. The van der Waals surface area contributed by atoms with Crippen LogP contribution in [0, 0.1) is 0 Å². The monoisotopic (exact) mass is 781 g/mol. The van der Waals surface area contributed by atoms with Gasteiger partial charge in [0.15, 0.2) is 17.2 Å². The Morgan fingerprint density at radius 1 is 0.377 bits per heavy atom. The Labute approximate surface area is 347 Å². The summed E-state index contributed by atoms with van der Waals surface area (Å²) in [5, 5.41) is 7.43. The van der Waals surface area contributed by atoms with Crippen molar-refractivity contribution >= 4 is 76.5 Å². The van der Waals surface area contributed by atoms with Crippen molar-refractivity contribution in [2.45, 2.75) is 0 Å². The van der Waals surface area contributed by atoms with Gasteiger partial charge in [-0.25, -0.2) is 15.0 Å². The smallest absolute Gasteiger partial charge is 0.238 e. The molecule has 0 bridgehead atoms. The Morgan fingerprint density at radius 3 is 1.72 bits per heavy atom. The van der Waals surface area contributed by atoms with Crippen molar-refractivity contribution in [2.75, 3.05) is 0 Å². The van der Waals surface area contributed by atoms with E-state index in [1.807, 2.05) is 78.9 Å². The number of rotatable bonds is 5. The molecule has 0 atom stereocenters. The fourth-order valence-electron chi connectivity index (χ4n) is 9.12. The lowest BCUT2D eigenvalue weighted by atomic mass is 10.0. The number of furan rings is 1. The van der Waals surface area contributed by atoms with Crippen molar-refractivity contribution in [3.63, 3.8) is 0 Å². The van der Waals surface area contributed by atoms with E-state index in [2.05, 4.69) is 118 Å². The molecule has 0 N–H and O–H groups in total. The number of nitrogens with zero attached hydrogens (tertiary/aromatic N) is 7. The van der Waals surface area contributed by atoms with Crippen LogP contribution in [0.25, 0.3) is 122 Å². The molecule has 8 nitrogen and oxygen atoms in total. The maximum Gasteiger partial charge on any atom is 0.238 e. The third-order valence-corrected chi connectivity index (χ3v) is 11.8. The first-order valence-corrected chi connectivity index (χ1v) is 20.3. The number of benzene rings is 8. The molecule has 5 aromatic heterocycles. The second-order valence-electron chi connectivity index (χ2n) is 15.3. The van der Waals surface area contributed by atoms with Crippen molar-refractivity contribution in [3.8, 4) is 45.9 Å². The molecule has 284 valence electrons. The van der Waals surface area contributed by atoms with Gasteiger partial charge >= 0.3 is 0 Å². The minimum absolute atomic E-state index is 0.531. The summed E-state index contributed by atoms with van der Waals surface area (Å²) in [6.45, 7) is 0. The van der Waals surface area contributed by atoms with Crippen LogP contribution < -0.4 is 0 Å². The first-order valence-electron chi connectivity index (χ1n) is 20.3. The van der Waals surface area contributed by atoms with Crippen molar-refractivity contribution in [1.82, 2.24) is 34.1 Å². The summed E-state index contributed by atoms with van der Waals surface area (Å²) >= 11 is 0. The van der Waals surface area contributed by atoms with E-state index in [1.54, 1.807) is 0 Å². The largest absolute Gasteiger partial charge is 0.452 e. The van der Waals surface area contributed by atoms with Crippen LogP contribution in [-0.2, 0) is 0 Å². The summed E-state index contributed by atoms with van der Waals surface area (Å²) in [5.74, 6) is 2.28. The Bertz CT molecular complexity index is 3820. The SMILES string of the molecule is c1ccc(-c2nc(-c3ccccc3)nc(-n3c4ccccc4c4ccc5c(c6ccccc6n5-c5nc(-c6cccc7ccccc67)c6oc7ccccc7c6n5)c43)n2)cc1. The second kappa shape index (κ2) is 13.0. The summed E-state index contributed by atoms with van der Waals surface area (Å²) in [7, 11) is 0. The molecule has 0 fully saturated rings. The van der Waals surface area contributed by atoms with Crippen LogP contribution >= 0.6 is 0 Å². The zero-order valence-corrected chi connectivity index (χ0v) is 32.4. The Hall–Kier alpha value is -8.49. The first kappa shape index (κ1) is 33.5. The van der Waals surface area contributed by atoms with E-state index in [1.165, 1.54) is 0 Å². The molecule has 0 saturated heterocycles. The zero-order valence-electron chi connectivity index (χ0n) is 32.4. The van der Waals surface area contributed by atoms with E-state index < -0.39 is 0 Å². The predicted molar refractivity (Wildman–Crippen MR) is 245 cm³/mol. The predicted octanol–water partition coefficient (Wildman–Crippen LogP) is 12.9. The fourth-order valence-corrected chi connectivity index (χ4v) is 9.12. The van der Waals surface area contributed by atoms with Crippen molar-refractivity contribution < 1.29 is 4.42 Å². The van der Waals surface area contributed by atoms with Crippen LogP contribution in [0.1, 0.15) is 0 Å². The zero-order chi connectivity index (χ0) is 40.0. The molecule has 13 aromatic rings. The molecule has 13 rings (SSSR count). The summed E-state index contributed by atoms with van der Waals surface area (Å²) in [5.41, 5.74) is 9.63. The molecular weight excluding hydrogens is 751 g/mol. The number of aromatic nitrogens is 7. The standard InChI is InChI=1S/C53H31N7O/c1-3-17-33(18-4-1)50-56-51(34-19-5-2-6-20-34)58-53(57-50)60-41-27-12-9-23-36(41)38-30-31-43-45(48(38)60)39-24-10-13-28-42(39)59(43)52-54-46(37-26-15-21-32-16-7-8-22-35(32)37)49-47(55-52)40-25-11-14-29-44(40)61-49/h1-31H. The quantitative estimate of drug-likeness (QED) is 0.173. The van der Waals surface area contributed by atoms with Gasteiger partial charge in [-0.1, -0.05) is 158 Å². The third kappa shape index (κ3) is 5.03. The van der Waals surface area contributed by atoms with Gasteiger partial charge < -0.3 is 4.42 Å². The van der Waals surface area contributed by atoms with E-state index in [-0.39, 0.29) is 0 Å². The topological polar surface area (TPSA) is 87.5 Å². The number of para-hydroxylation sites is 3. The first-order chi connectivity index (χ1) is 30.3. The molecule has 61 heavy (non-hydrogen) atoms. The highest BCUT2D eigenvalue weighted by Crippen LogP contribution is 2.43. The van der Waals surface area contributed by atoms with Gasteiger partial charge in [0.05, 0.1) is 22.1 Å². The van der Waals surface area contributed by atoms with Gasteiger partial charge in [-0.15, -0.1) is 0 Å². The molecule has 5 heterocycles. The molecule has 0 amide bonds. The third-order valence-electron chi connectivity index (χ3n) is 11.8. The van der Waals surface area contributed by atoms with Crippen LogP contribution in [0.5, 0.6) is 0 Å². The fraction of sp³-hybridized carbons (Fsp3) is 0. The maximum absolute atomic E-state index is 6.62. The minimum Gasteiger partial charge on any atom is -0.452 e. The number of hydrogen-bond donors (Lipinski definition) is 0. The van der Waals surface area contributed by atoms with Crippen LogP contribution in [0.3, 0.4) is 0 Å².